The molecule has 1 N–H and O–H groups in total. The second kappa shape index (κ2) is 9.34. The first-order valence-corrected chi connectivity index (χ1v) is 10.2. The van der Waals surface area contributed by atoms with Crippen molar-refractivity contribution >= 4 is 11.6 Å². The minimum atomic E-state index is 0.0680. The molecule has 1 aliphatic heterocycles. The average Bonchev–Trinajstić information content (AvgIpc) is 3.09. The number of imidazole rings is 1. The summed E-state index contributed by atoms with van der Waals surface area (Å²) in [5, 5.41) is 3.04. The van der Waals surface area contributed by atoms with Crippen LogP contribution >= 0.6 is 0 Å². The van der Waals surface area contributed by atoms with Gasteiger partial charge in [0.25, 0.3) is 0 Å². The largest absolute Gasteiger partial charge is 0.333 e. The van der Waals surface area contributed by atoms with E-state index in [1.165, 1.54) is 11.1 Å². The van der Waals surface area contributed by atoms with Crippen LogP contribution in [-0.2, 0) is 11.3 Å². The SMILES string of the molecule is Cc1cc(C)cc(NC(=O)CN2CCN(CCn3ccnc3C(C)C)CC2)c1. The Kier molecular flexibility index (Phi) is 6.86. The molecule has 0 radical (unpaired) electrons. The Morgan fingerprint density at radius 3 is 2.32 bits per heavy atom. The summed E-state index contributed by atoms with van der Waals surface area (Å²) < 4.78 is 2.26. The molecule has 1 aromatic heterocycles. The summed E-state index contributed by atoms with van der Waals surface area (Å²) in [5.74, 6) is 1.67. The fourth-order valence-electron chi connectivity index (χ4n) is 3.88. The van der Waals surface area contributed by atoms with E-state index in [-0.39, 0.29) is 5.91 Å². The fourth-order valence-corrected chi connectivity index (χ4v) is 3.88. The summed E-state index contributed by atoms with van der Waals surface area (Å²) in [5.41, 5.74) is 3.23. The van der Waals surface area contributed by atoms with Crippen LogP contribution in [0.5, 0.6) is 0 Å². The average molecular weight is 384 g/mol. The van der Waals surface area contributed by atoms with Crippen molar-refractivity contribution in [3.05, 3.63) is 47.5 Å². The number of aryl methyl sites for hydroxylation is 2. The molecule has 0 unspecified atom stereocenters. The molecular formula is C22H33N5O. The maximum Gasteiger partial charge on any atom is 0.238 e. The van der Waals surface area contributed by atoms with Crippen LogP contribution in [0.15, 0.2) is 30.6 Å². The number of hydrogen-bond donors (Lipinski definition) is 1. The predicted molar refractivity (Wildman–Crippen MR) is 114 cm³/mol. The maximum atomic E-state index is 12.4. The minimum absolute atomic E-state index is 0.0680. The zero-order chi connectivity index (χ0) is 20.1. The first kappa shape index (κ1) is 20.6. The van der Waals surface area contributed by atoms with Gasteiger partial charge in [-0.25, -0.2) is 4.98 Å². The van der Waals surface area contributed by atoms with Gasteiger partial charge in [0.2, 0.25) is 5.91 Å². The number of amides is 1. The van der Waals surface area contributed by atoms with Crippen LogP contribution in [0, 0.1) is 13.8 Å². The quantitative estimate of drug-likeness (QED) is 0.799. The highest BCUT2D eigenvalue weighted by molar-refractivity contribution is 5.92. The standard InChI is InChI=1S/C22H33N5O/c1-17(2)22-23-5-6-27(22)12-11-25-7-9-26(10-8-25)16-21(28)24-20-14-18(3)13-19(4)15-20/h5-6,13-15,17H,7-12,16H2,1-4H3,(H,24,28). The number of carbonyl (C=O) groups is 1. The molecule has 3 rings (SSSR count). The Morgan fingerprint density at radius 1 is 1.04 bits per heavy atom. The summed E-state index contributed by atoms with van der Waals surface area (Å²) in [6.45, 7) is 14.8. The van der Waals surface area contributed by atoms with Crippen molar-refractivity contribution in [2.75, 3.05) is 44.6 Å². The summed E-state index contributed by atoms with van der Waals surface area (Å²) in [4.78, 5) is 21.6. The number of aromatic nitrogens is 2. The van der Waals surface area contributed by atoms with Gasteiger partial charge in [-0.2, -0.15) is 0 Å². The molecule has 1 aromatic carbocycles. The molecule has 0 bridgehead atoms. The third-order valence-corrected chi connectivity index (χ3v) is 5.26. The predicted octanol–water partition coefficient (Wildman–Crippen LogP) is 2.88. The van der Waals surface area contributed by atoms with Crippen LogP contribution in [0.25, 0.3) is 0 Å². The fraction of sp³-hybridized carbons (Fsp3) is 0.545. The lowest BCUT2D eigenvalue weighted by Gasteiger charge is -2.34. The Bertz CT molecular complexity index is 770. The van der Waals surface area contributed by atoms with Crippen molar-refractivity contribution < 1.29 is 4.79 Å². The van der Waals surface area contributed by atoms with E-state index in [2.05, 4.69) is 64.6 Å². The lowest BCUT2D eigenvalue weighted by Crippen LogP contribution is -2.49. The van der Waals surface area contributed by atoms with Crippen molar-refractivity contribution in [1.82, 2.24) is 19.4 Å². The van der Waals surface area contributed by atoms with Gasteiger partial charge in [-0.3, -0.25) is 14.6 Å². The molecule has 0 saturated carbocycles. The topological polar surface area (TPSA) is 53.4 Å². The number of piperazine rings is 1. The smallest absolute Gasteiger partial charge is 0.238 e. The molecule has 1 saturated heterocycles. The highest BCUT2D eigenvalue weighted by Crippen LogP contribution is 2.14. The van der Waals surface area contributed by atoms with Crippen LogP contribution in [0.3, 0.4) is 0 Å². The van der Waals surface area contributed by atoms with E-state index >= 15 is 0 Å². The molecule has 1 aliphatic rings. The summed E-state index contributed by atoms with van der Waals surface area (Å²) in [7, 11) is 0. The third kappa shape index (κ3) is 5.66. The van der Waals surface area contributed by atoms with Crippen LogP contribution in [0.1, 0.15) is 36.7 Å². The first-order valence-electron chi connectivity index (χ1n) is 10.2. The molecule has 2 heterocycles. The van der Waals surface area contributed by atoms with Crippen molar-refractivity contribution in [3.63, 3.8) is 0 Å². The van der Waals surface area contributed by atoms with Crippen LogP contribution < -0.4 is 5.32 Å². The van der Waals surface area contributed by atoms with E-state index in [1.54, 1.807) is 0 Å². The molecule has 1 fully saturated rings. The number of carbonyl (C=O) groups excluding carboxylic acids is 1. The Labute approximate surface area is 168 Å². The van der Waals surface area contributed by atoms with E-state index in [0.29, 0.717) is 12.5 Å². The van der Waals surface area contributed by atoms with Crippen LogP contribution in [0.4, 0.5) is 5.69 Å². The third-order valence-electron chi connectivity index (χ3n) is 5.26. The molecule has 6 nitrogen and oxygen atoms in total. The molecule has 152 valence electrons. The number of nitrogens with zero attached hydrogens (tertiary/aromatic N) is 4. The second-order valence-electron chi connectivity index (χ2n) is 8.18. The second-order valence-corrected chi connectivity index (χ2v) is 8.18. The monoisotopic (exact) mass is 383 g/mol. The number of hydrogen-bond acceptors (Lipinski definition) is 4. The van der Waals surface area contributed by atoms with Crippen LogP contribution in [-0.4, -0.2) is 64.5 Å². The highest BCUT2D eigenvalue weighted by Gasteiger charge is 2.19. The highest BCUT2D eigenvalue weighted by atomic mass is 16.2. The minimum Gasteiger partial charge on any atom is -0.333 e. The lowest BCUT2D eigenvalue weighted by molar-refractivity contribution is -0.117. The van der Waals surface area contributed by atoms with Crippen LogP contribution in [0.2, 0.25) is 0 Å². The molecular weight excluding hydrogens is 350 g/mol. The van der Waals surface area contributed by atoms with E-state index in [4.69, 9.17) is 0 Å². The summed E-state index contributed by atoms with van der Waals surface area (Å²) in [6.07, 6.45) is 3.96. The van der Waals surface area contributed by atoms with Gasteiger partial charge in [-0.1, -0.05) is 19.9 Å². The summed E-state index contributed by atoms with van der Waals surface area (Å²) >= 11 is 0. The summed E-state index contributed by atoms with van der Waals surface area (Å²) in [6, 6.07) is 6.15. The van der Waals surface area contributed by atoms with E-state index in [0.717, 1.165) is 50.8 Å². The molecule has 6 heteroatoms. The van der Waals surface area contributed by atoms with E-state index in [9.17, 15) is 4.79 Å². The van der Waals surface area contributed by atoms with Gasteiger partial charge in [0.15, 0.2) is 0 Å². The number of rotatable bonds is 7. The number of benzene rings is 1. The van der Waals surface area contributed by atoms with Crippen molar-refractivity contribution in [3.8, 4) is 0 Å². The number of anilines is 1. The molecule has 0 aliphatic carbocycles. The van der Waals surface area contributed by atoms with Gasteiger partial charge in [0.1, 0.15) is 5.82 Å². The van der Waals surface area contributed by atoms with Crippen molar-refractivity contribution in [1.29, 1.82) is 0 Å². The normalized spacial score (nSPS) is 15.9. The van der Waals surface area contributed by atoms with Gasteiger partial charge in [0, 0.05) is 63.3 Å². The molecule has 1 amide bonds. The van der Waals surface area contributed by atoms with Gasteiger partial charge in [-0.05, 0) is 37.1 Å². The van der Waals surface area contributed by atoms with Crippen molar-refractivity contribution in [2.45, 2.75) is 40.2 Å². The van der Waals surface area contributed by atoms with Gasteiger partial charge in [-0.15, -0.1) is 0 Å². The Morgan fingerprint density at radius 2 is 1.68 bits per heavy atom. The van der Waals surface area contributed by atoms with E-state index in [1.807, 2.05) is 18.3 Å². The molecule has 2 aromatic rings. The number of nitrogens with one attached hydrogen (secondary N) is 1. The zero-order valence-corrected chi connectivity index (χ0v) is 17.6. The molecule has 0 atom stereocenters. The van der Waals surface area contributed by atoms with Gasteiger partial charge in [0.05, 0.1) is 6.54 Å². The van der Waals surface area contributed by atoms with Gasteiger partial charge >= 0.3 is 0 Å². The first-order chi connectivity index (χ1) is 13.4. The Balaban J connectivity index is 1.41. The Hall–Kier alpha value is -2.18. The van der Waals surface area contributed by atoms with Gasteiger partial charge < -0.3 is 9.88 Å². The maximum absolute atomic E-state index is 12.4. The molecule has 28 heavy (non-hydrogen) atoms. The molecule has 0 spiro atoms. The van der Waals surface area contributed by atoms with Crippen molar-refractivity contribution in [2.24, 2.45) is 0 Å². The lowest BCUT2D eigenvalue weighted by atomic mass is 10.1. The zero-order valence-electron chi connectivity index (χ0n) is 17.6. The van der Waals surface area contributed by atoms with E-state index < -0.39 is 0 Å².